The summed E-state index contributed by atoms with van der Waals surface area (Å²) in [5.41, 5.74) is 9.94. The first-order chi connectivity index (χ1) is 26.3. The Morgan fingerprint density at radius 3 is 1.92 bits per heavy atom. The Kier molecular flexibility index (Phi) is 5.90. The van der Waals surface area contributed by atoms with Gasteiger partial charge in [0.05, 0.1) is 39.3 Å². The third kappa shape index (κ3) is 4.05. The van der Waals surface area contributed by atoms with Crippen molar-refractivity contribution in [3.8, 4) is 22.6 Å². The van der Waals surface area contributed by atoms with Gasteiger partial charge in [-0.25, -0.2) is 4.98 Å². The largest absolute Gasteiger partial charge is 0.309 e. The SMILES string of the molecule is c1ccc(-c2ccc3nc(-n4c5ccccc5c5c6ccccc6c6sc7cc8c(cc7c6c54)c4ccccc4n8-c4ccccc4)cnc3c2)cc1. The average Bonchev–Trinajstić information content (AvgIpc) is 3.88. The molecule has 0 atom stereocenters. The highest BCUT2D eigenvalue weighted by molar-refractivity contribution is 7.27. The number of aromatic nitrogens is 4. The minimum atomic E-state index is 0.814. The van der Waals surface area contributed by atoms with Crippen molar-refractivity contribution in [3.63, 3.8) is 0 Å². The van der Waals surface area contributed by atoms with Crippen LogP contribution in [0.2, 0.25) is 0 Å². The summed E-state index contributed by atoms with van der Waals surface area (Å²) in [4.78, 5) is 10.4. The molecule has 0 aliphatic rings. The molecule has 0 fully saturated rings. The normalized spacial score (nSPS) is 12.2. The number of fused-ring (bicyclic) bond motifs is 14. The van der Waals surface area contributed by atoms with Crippen molar-refractivity contribution in [2.45, 2.75) is 0 Å². The molecule has 8 aromatic carbocycles. The number of hydrogen-bond donors (Lipinski definition) is 0. The van der Waals surface area contributed by atoms with Crippen LogP contribution in [0.1, 0.15) is 0 Å². The van der Waals surface area contributed by atoms with Crippen LogP contribution >= 0.6 is 11.3 Å². The molecule has 0 saturated carbocycles. The molecule has 4 aromatic heterocycles. The zero-order valence-electron chi connectivity index (χ0n) is 28.4. The van der Waals surface area contributed by atoms with E-state index in [-0.39, 0.29) is 0 Å². The van der Waals surface area contributed by atoms with Crippen LogP contribution in [-0.4, -0.2) is 19.1 Å². The average molecular weight is 693 g/mol. The number of rotatable bonds is 3. The van der Waals surface area contributed by atoms with E-state index in [1.807, 2.05) is 23.6 Å². The van der Waals surface area contributed by atoms with E-state index in [2.05, 4.69) is 167 Å². The number of thiophene rings is 1. The number of para-hydroxylation sites is 3. The van der Waals surface area contributed by atoms with E-state index in [9.17, 15) is 0 Å². The van der Waals surface area contributed by atoms with Gasteiger partial charge in [-0.15, -0.1) is 11.3 Å². The minimum absolute atomic E-state index is 0.814. The van der Waals surface area contributed by atoms with Gasteiger partial charge in [0.15, 0.2) is 5.82 Å². The Bertz CT molecular complexity index is 3450. The van der Waals surface area contributed by atoms with Crippen molar-refractivity contribution in [1.29, 1.82) is 0 Å². The Labute approximate surface area is 307 Å². The number of benzene rings is 8. The highest BCUT2D eigenvalue weighted by Crippen LogP contribution is 2.49. The van der Waals surface area contributed by atoms with Crippen LogP contribution in [0.5, 0.6) is 0 Å². The molecule has 0 saturated heterocycles. The second kappa shape index (κ2) is 10.8. The van der Waals surface area contributed by atoms with Crippen molar-refractivity contribution in [3.05, 3.63) is 170 Å². The van der Waals surface area contributed by atoms with Crippen LogP contribution in [0, 0.1) is 0 Å². The summed E-state index contributed by atoms with van der Waals surface area (Å²) in [7, 11) is 0. The zero-order chi connectivity index (χ0) is 34.6. The first kappa shape index (κ1) is 28.8. The van der Waals surface area contributed by atoms with E-state index in [4.69, 9.17) is 9.97 Å². The second-order valence-electron chi connectivity index (χ2n) is 13.8. The molecular weight excluding hydrogens is 665 g/mol. The van der Waals surface area contributed by atoms with Gasteiger partial charge >= 0.3 is 0 Å². The van der Waals surface area contributed by atoms with Crippen LogP contribution in [0.3, 0.4) is 0 Å². The first-order valence-corrected chi connectivity index (χ1v) is 18.7. The minimum Gasteiger partial charge on any atom is -0.309 e. The summed E-state index contributed by atoms with van der Waals surface area (Å²) in [6, 6.07) is 58.9. The molecule has 0 aliphatic heterocycles. The zero-order valence-corrected chi connectivity index (χ0v) is 29.2. The van der Waals surface area contributed by atoms with Gasteiger partial charge in [0.1, 0.15) is 0 Å². The Morgan fingerprint density at radius 1 is 0.434 bits per heavy atom. The van der Waals surface area contributed by atoms with Gasteiger partial charge in [-0.3, -0.25) is 9.55 Å². The lowest BCUT2D eigenvalue weighted by Gasteiger charge is -2.11. The van der Waals surface area contributed by atoms with Gasteiger partial charge < -0.3 is 4.57 Å². The van der Waals surface area contributed by atoms with Gasteiger partial charge in [0, 0.05) is 52.8 Å². The third-order valence-electron chi connectivity index (χ3n) is 10.9. The molecule has 0 N–H and O–H groups in total. The van der Waals surface area contributed by atoms with Crippen molar-refractivity contribution in [1.82, 2.24) is 19.1 Å². The van der Waals surface area contributed by atoms with E-state index in [1.54, 1.807) is 0 Å². The lowest BCUT2D eigenvalue weighted by atomic mass is 9.99. The fraction of sp³-hybridized carbons (Fsp3) is 0. The summed E-state index contributed by atoms with van der Waals surface area (Å²) in [5.74, 6) is 0.814. The molecule has 5 heteroatoms. The maximum atomic E-state index is 5.33. The molecule has 4 nitrogen and oxygen atoms in total. The van der Waals surface area contributed by atoms with Crippen molar-refractivity contribution in [2.24, 2.45) is 0 Å². The van der Waals surface area contributed by atoms with Crippen LogP contribution in [0.25, 0.3) is 108 Å². The Balaban J connectivity index is 1.22. The molecule has 0 radical (unpaired) electrons. The third-order valence-corrected chi connectivity index (χ3v) is 12.1. The van der Waals surface area contributed by atoms with Gasteiger partial charge in [0.25, 0.3) is 0 Å². The molecule has 12 rings (SSSR count). The van der Waals surface area contributed by atoms with E-state index in [0.29, 0.717) is 0 Å². The maximum Gasteiger partial charge on any atom is 0.156 e. The molecule has 0 spiro atoms. The summed E-state index contributed by atoms with van der Waals surface area (Å²) in [5, 5.41) is 10.0. The molecule has 0 aliphatic carbocycles. The van der Waals surface area contributed by atoms with Gasteiger partial charge in [0.2, 0.25) is 0 Å². The van der Waals surface area contributed by atoms with Crippen molar-refractivity contribution in [2.75, 3.05) is 0 Å². The van der Waals surface area contributed by atoms with Crippen molar-refractivity contribution >= 4 is 96.9 Å². The Morgan fingerprint density at radius 2 is 1.11 bits per heavy atom. The second-order valence-corrected chi connectivity index (χ2v) is 14.8. The number of nitrogens with zero attached hydrogens (tertiary/aromatic N) is 4. The molecule has 0 amide bonds. The highest BCUT2D eigenvalue weighted by atomic mass is 32.1. The topological polar surface area (TPSA) is 35.6 Å². The molecule has 246 valence electrons. The Hall–Kier alpha value is -6.82. The lowest BCUT2D eigenvalue weighted by molar-refractivity contribution is 1.08. The first-order valence-electron chi connectivity index (χ1n) is 17.9. The molecule has 0 bridgehead atoms. The quantitative estimate of drug-likeness (QED) is 0.185. The molecule has 0 unspecified atom stereocenters. The van der Waals surface area contributed by atoms with Crippen LogP contribution in [-0.2, 0) is 0 Å². The van der Waals surface area contributed by atoms with E-state index in [0.717, 1.165) is 33.6 Å². The molecule has 4 heterocycles. The fourth-order valence-corrected chi connectivity index (χ4v) is 9.90. The maximum absolute atomic E-state index is 5.33. The molecule has 53 heavy (non-hydrogen) atoms. The van der Waals surface area contributed by atoms with Gasteiger partial charge in [-0.05, 0) is 65.0 Å². The number of hydrogen-bond acceptors (Lipinski definition) is 3. The lowest BCUT2D eigenvalue weighted by Crippen LogP contribution is -1.99. The summed E-state index contributed by atoms with van der Waals surface area (Å²) < 4.78 is 7.32. The van der Waals surface area contributed by atoms with Crippen LogP contribution in [0.15, 0.2) is 170 Å². The van der Waals surface area contributed by atoms with Gasteiger partial charge in [-0.1, -0.05) is 115 Å². The summed E-state index contributed by atoms with van der Waals surface area (Å²) >= 11 is 1.89. The predicted octanol–water partition coefficient (Wildman–Crippen LogP) is 13.0. The molecule has 12 aromatic rings. The molecular formula is C48H28N4S. The van der Waals surface area contributed by atoms with Crippen LogP contribution < -0.4 is 0 Å². The van der Waals surface area contributed by atoms with E-state index < -0.39 is 0 Å². The summed E-state index contributed by atoms with van der Waals surface area (Å²) in [6.07, 6.45) is 1.95. The fourth-order valence-electron chi connectivity index (χ4n) is 8.64. The predicted molar refractivity (Wildman–Crippen MR) is 224 cm³/mol. The van der Waals surface area contributed by atoms with Gasteiger partial charge in [-0.2, -0.15) is 0 Å². The van der Waals surface area contributed by atoms with E-state index in [1.165, 1.54) is 74.6 Å². The smallest absolute Gasteiger partial charge is 0.156 e. The van der Waals surface area contributed by atoms with Crippen molar-refractivity contribution < 1.29 is 0 Å². The van der Waals surface area contributed by atoms with E-state index >= 15 is 0 Å². The monoisotopic (exact) mass is 692 g/mol. The standard InChI is InChI=1S/C48H28N4S/c1-3-13-29(14-4-1)30-23-24-38-39(25-30)49-28-44(50-38)52-41-22-12-10-20-35(41)45-33-18-7-8-19-34(33)48-46(47(45)52)37-26-36-32-17-9-11-21-40(32)51(31-15-5-2-6-16-31)42(36)27-43(37)53-48/h1-28H. The van der Waals surface area contributed by atoms with Crippen LogP contribution in [0.4, 0.5) is 0 Å². The summed E-state index contributed by atoms with van der Waals surface area (Å²) in [6.45, 7) is 0. The highest BCUT2D eigenvalue weighted by Gasteiger charge is 2.24.